The van der Waals surface area contributed by atoms with Crippen LogP contribution in [0.25, 0.3) is 10.2 Å². The zero-order valence-electron chi connectivity index (χ0n) is 10.8. The van der Waals surface area contributed by atoms with Gasteiger partial charge in [0.25, 0.3) is 5.24 Å². The number of nitrogens with one attached hydrogen (secondary N) is 1. The van der Waals surface area contributed by atoms with Crippen molar-refractivity contribution in [1.29, 1.82) is 0 Å². The van der Waals surface area contributed by atoms with Crippen molar-refractivity contribution >= 4 is 38.6 Å². The number of para-hydroxylation sites is 1. The second-order valence-corrected chi connectivity index (χ2v) is 6.58. The lowest BCUT2D eigenvalue weighted by Gasteiger charge is -2.02. The molecule has 100 valence electrons. The zero-order valence-corrected chi connectivity index (χ0v) is 12.4. The molecule has 0 bridgehead atoms. The molecule has 1 aromatic heterocycles. The molecule has 1 heterocycles. The molecular weight excluding hydrogens is 276 g/mol. The molecule has 1 aromatic carbocycles. The number of allylic oxidation sites excluding steroid dienone is 1. The van der Waals surface area contributed by atoms with Gasteiger partial charge in [-0.05, 0) is 31.9 Å². The first-order valence-corrected chi connectivity index (χ1v) is 7.74. The van der Waals surface area contributed by atoms with E-state index >= 15 is 0 Å². The summed E-state index contributed by atoms with van der Waals surface area (Å²) in [5.74, 6) is 0. The minimum Gasteiger partial charge on any atom is -0.347 e. The average Bonchev–Trinajstić information content (AvgIpc) is 2.76. The molecule has 0 atom stereocenters. The Morgan fingerprint density at radius 1 is 1.47 bits per heavy atom. The third-order valence-electron chi connectivity index (χ3n) is 2.50. The van der Waals surface area contributed by atoms with E-state index in [4.69, 9.17) is 0 Å². The van der Waals surface area contributed by atoms with E-state index in [0.717, 1.165) is 44.7 Å². The molecule has 0 aliphatic rings. The van der Waals surface area contributed by atoms with E-state index in [9.17, 15) is 4.79 Å². The number of hydrogen-bond donors (Lipinski definition) is 1. The molecule has 19 heavy (non-hydrogen) atoms. The van der Waals surface area contributed by atoms with Crippen LogP contribution in [0.2, 0.25) is 0 Å². The Morgan fingerprint density at radius 2 is 2.26 bits per heavy atom. The van der Waals surface area contributed by atoms with Gasteiger partial charge in [0, 0.05) is 18.3 Å². The van der Waals surface area contributed by atoms with Gasteiger partial charge in [0.05, 0.1) is 10.2 Å². The molecule has 0 unspecified atom stereocenters. The molecule has 0 fully saturated rings. The number of aromatic nitrogens is 1. The summed E-state index contributed by atoms with van der Waals surface area (Å²) in [7, 11) is 0. The highest BCUT2D eigenvalue weighted by molar-refractivity contribution is 8.14. The lowest BCUT2D eigenvalue weighted by molar-refractivity contribution is 0.260. The van der Waals surface area contributed by atoms with E-state index in [1.807, 2.05) is 31.2 Å². The van der Waals surface area contributed by atoms with E-state index < -0.39 is 0 Å². The highest BCUT2D eigenvalue weighted by Gasteiger charge is 2.09. The van der Waals surface area contributed by atoms with Crippen molar-refractivity contribution in [2.24, 2.45) is 0 Å². The van der Waals surface area contributed by atoms with Gasteiger partial charge in [-0.1, -0.05) is 17.7 Å². The van der Waals surface area contributed by atoms with Crippen molar-refractivity contribution in [3.63, 3.8) is 0 Å². The average molecular weight is 292 g/mol. The van der Waals surface area contributed by atoms with Crippen molar-refractivity contribution in [3.8, 4) is 0 Å². The van der Waals surface area contributed by atoms with E-state index in [2.05, 4.69) is 16.9 Å². The maximum atomic E-state index is 11.7. The molecule has 1 N–H and O–H groups in total. The van der Waals surface area contributed by atoms with Crippen LogP contribution in [0.1, 0.15) is 19.8 Å². The number of hydrogen-bond acceptors (Lipinski definition) is 4. The number of fused-ring (bicyclic) bond motifs is 1. The summed E-state index contributed by atoms with van der Waals surface area (Å²) >= 11 is 2.71. The number of amides is 1. The summed E-state index contributed by atoms with van der Waals surface area (Å²) in [5, 5.41) is 2.84. The highest BCUT2D eigenvalue weighted by Crippen LogP contribution is 2.29. The molecule has 2 aromatic rings. The Kier molecular flexibility index (Phi) is 4.99. The topological polar surface area (TPSA) is 42.0 Å². The van der Waals surface area contributed by atoms with Crippen LogP contribution in [0.5, 0.6) is 0 Å². The SMILES string of the molecule is C=C(C)CCCNC(=O)Sc1nc2ccccc2s1. The zero-order chi connectivity index (χ0) is 13.7. The van der Waals surface area contributed by atoms with Crippen LogP contribution in [-0.2, 0) is 0 Å². The van der Waals surface area contributed by atoms with Crippen LogP contribution in [-0.4, -0.2) is 16.8 Å². The first kappa shape index (κ1) is 14.1. The molecule has 0 aliphatic heterocycles. The number of rotatable bonds is 5. The lowest BCUT2D eigenvalue weighted by atomic mass is 10.2. The van der Waals surface area contributed by atoms with Crippen LogP contribution >= 0.6 is 23.1 Å². The third kappa shape index (κ3) is 4.36. The van der Waals surface area contributed by atoms with Crippen LogP contribution in [0.4, 0.5) is 4.79 Å². The molecule has 2 rings (SSSR count). The minimum atomic E-state index is -0.0410. The van der Waals surface area contributed by atoms with Crippen LogP contribution < -0.4 is 5.32 Å². The fourth-order valence-corrected chi connectivity index (χ4v) is 3.43. The largest absolute Gasteiger partial charge is 0.347 e. The van der Waals surface area contributed by atoms with Gasteiger partial charge in [-0.2, -0.15) is 0 Å². The van der Waals surface area contributed by atoms with E-state index in [-0.39, 0.29) is 5.24 Å². The van der Waals surface area contributed by atoms with Gasteiger partial charge in [-0.3, -0.25) is 4.79 Å². The van der Waals surface area contributed by atoms with Crippen molar-refractivity contribution < 1.29 is 4.79 Å². The number of carbonyl (C=O) groups excluding carboxylic acids is 1. The normalized spacial score (nSPS) is 10.6. The van der Waals surface area contributed by atoms with Crippen LogP contribution in [0.15, 0.2) is 40.8 Å². The monoisotopic (exact) mass is 292 g/mol. The Morgan fingerprint density at radius 3 is 3.00 bits per heavy atom. The predicted octanol–water partition coefficient (Wildman–Crippen LogP) is 4.45. The van der Waals surface area contributed by atoms with Gasteiger partial charge in [0.15, 0.2) is 4.34 Å². The van der Waals surface area contributed by atoms with Gasteiger partial charge in [0.2, 0.25) is 0 Å². The van der Waals surface area contributed by atoms with Crippen LogP contribution in [0.3, 0.4) is 0 Å². The summed E-state index contributed by atoms with van der Waals surface area (Å²) in [6.45, 7) is 6.52. The van der Waals surface area contributed by atoms with Gasteiger partial charge < -0.3 is 5.32 Å². The predicted molar refractivity (Wildman–Crippen MR) is 82.9 cm³/mol. The third-order valence-corrected chi connectivity index (χ3v) is 4.43. The van der Waals surface area contributed by atoms with Crippen LogP contribution in [0, 0.1) is 0 Å². The van der Waals surface area contributed by atoms with Gasteiger partial charge in [-0.25, -0.2) is 4.98 Å². The molecule has 0 saturated carbocycles. The van der Waals surface area contributed by atoms with Gasteiger partial charge in [-0.15, -0.1) is 17.9 Å². The smallest absolute Gasteiger partial charge is 0.286 e. The summed E-state index contributed by atoms with van der Waals surface area (Å²) in [6, 6.07) is 7.91. The molecule has 1 amide bonds. The maximum absolute atomic E-state index is 11.7. The minimum absolute atomic E-state index is 0.0410. The van der Waals surface area contributed by atoms with E-state index in [0.29, 0.717) is 6.54 Å². The summed E-state index contributed by atoms with van der Waals surface area (Å²) in [5.41, 5.74) is 2.10. The number of thiazole rings is 1. The number of nitrogens with zero attached hydrogens (tertiary/aromatic N) is 1. The molecule has 3 nitrogen and oxygen atoms in total. The molecule has 0 saturated heterocycles. The molecule has 5 heteroatoms. The summed E-state index contributed by atoms with van der Waals surface area (Å²) in [6.07, 6.45) is 1.88. The van der Waals surface area contributed by atoms with E-state index in [1.54, 1.807) is 11.3 Å². The van der Waals surface area contributed by atoms with Crippen molar-refractivity contribution in [1.82, 2.24) is 10.3 Å². The molecule has 0 spiro atoms. The summed E-state index contributed by atoms with van der Waals surface area (Å²) < 4.78 is 1.90. The lowest BCUT2D eigenvalue weighted by Crippen LogP contribution is -2.19. The fraction of sp³-hybridized carbons (Fsp3) is 0.286. The summed E-state index contributed by atoms with van der Waals surface area (Å²) in [4.78, 5) is 16.1. The number of thioether (sulfide) groups is 1. The highest BCUT2D eigenvalue weighted by atomic mass is 32.2. The second kappa shape index (κ2) is 6.73. The molecule has 0 aliphatic carbocycles. The van der Waals surface area contributed by atoms with Crippen molar-refractivity contribution in [2.45, 2.75) is 24.1 Å². The number of benzene rings is 1. The van der Waals surface area contributed by atoms with Gasteiger partial charge >= 0.3 is 0 Å². The second-order valence-electron chi connectivity index (χ2n) is 4.32. The molecule has 0 radical (unpaired) electrons. The number of carbonyl (C=O) groups is 1. The Labute approximate surface area is 121 Å². The standard InChI is InChI=1S/C14H16N2OS2/c1-10(2)6-5-9-15-13(17)19-14-16-11-7-3-4-8-12(11)18-14/h3-4,7-8H,1,5-6,9H2,2H3,(H,15,17). The maximum Gasteiger partial charge on any atom is 0.286 e. The quantitative estimate of drug-likeness (QED) is 0.503. The van der Waals surface area contributed by atoms with Crippen molar-refractivity contribution in [3.05, 3.63) is 36.4 Å². The van der Waals surface area contributed by atoms with Crippen molar-refractivity contribution in [2.75, 3.05) is 6.54 Å². The first-order chi connectivity index (χ1) is 9.15. The molecular formula is C14H16N2OS2. The van der Waals surface area contributed by atoms with E-state index in [1.165, 1.54) is 0 Å². The Balaban J connectivity index is 1.83. The van der Waals surface area contributed by atoms with Gasteiger partial charge in [0.1, 0.15) is 0 Å². The Bertz CT molecular complexity index is 559. The first-order valence-electron chi connectivity index (χ1n) is 6.11. The fourth-order valence-electron chi connectivity index (χ4n) is 1.59. The Hall–Kier alpha value is -1.33.